The number of esters is 4. The normalized spacial score (nSPS) is 14.5. The summed E-state index contributed by atoms with van der Waals surface area (Å²) in [5.41, 5.74) is 0. The summed E-state index contributed by atoms with van der Waals surface area (Å²) in [4.78, 5) is 72.6. The van der Waals surface area contributed by atoms with Crippen LogP contribution in [0.15, 0.2) is 0 Å². The Bertz CT molecular complexity index is 1890. The van der Waals surface area contributed by atoms with Crippen molar-refractivity contribution >= 4 is 39.5 Å². The SMILES string of the molecule is CCCCCCCCCCCCCCCC(=O)O[C@H](COC(=O)CCCCCCC)COP(=O)(O)OC[C@H](O)COP(=O)(O)OC[C@@H](COC(=O)CCCCCCCCCCCCCCCCC(C)CC)OC(=O)CCCCCCCCCCCCCCCCCCCCC(C)CC. The highest BCUT2D eigenvalue weighted by Gasteiger charge is 2.30. The van der Waals surface area contributed by atoms with Crippen molar-refractivity contribution in [2.75, 3.05) is 39.6 Å². The molecule has 0 spiro atoms. The van der Waals surface area contributed by atoms with Gasteiger partial charge in [0.15, 0.2) is 12.2 Å². The average Bonchev–Trinajstić information content (AvgIpc) is 1.18. The number of aliphatic hydroxyl groups excluding tert-OH is 1. The molecule has 4 unspecified atom stereocenters. The molecule has 582 valence electrons. The molecule has 19 heteroatoms. The minimum Gasteiger partial charge on any atom is -0.462 e. The highest BCUT2D eigenvalue weighted by molar-refractivity contribution is 7.47. The number of aliphatic hydroxyl groups is 1. The Morgan fingerprint density at radius 2 is 0.490 bits per heavy atom. The Kier molecular flexibility index (Phi) is 69.3. The summed E-state index contributed by atoms with van der Waals surface area (Å²) in [6.07, 6.45) is 60.0. The van der Waals surface area contributed by atoms with Gasteiger partial charge in [-0.2, -0.15) is 0 Å². The molecule has 0 rings (SSSR count). The number of hydrogen-bond acceptors (Lipinski definition) is 15. The van der Waals surface area contributed by atoms with E-state index in [1.165, 1.54) is 225 Å². The molecule has 0 aliphatic rings. The van der Waals surface area contributed by atoms with E-state index in [1.54, 1.807) is 0 Å². The van der Waals surface area contributed by atoms with Gasteiger partial charge in [0.05, 0.1) is 26.4 Å². The smallest absolute Gasteiger partial charge is 0.462 e. The summed E-state index contributed by atoms with van der Waals surface area (Å²) >= 11 is 0. The van der Waals surface area contributed by atoms with Crippen LogP contribution in [0.1, 0.15) is 414 Å². The molecule has 0 bridgehead atoms. The molecular formula is C79H154O17P2. The van der Waals surface area contributed by atoms with Crippen molar-refractivity contribution in [2.24, 2.45) is 11.8 Å². The van der Waals surface area contributed by atoms with Crippen molar-refractivity contribution < 1.29 is 80.2 Å². The fraction of sp³-hybridized carbons (Fsp3) is 0.949. The molecule has 0 radical (unpaired) electrons. The van der Waals surface area contributed by atoms with E-state index in [-0.39, 0.29) is 25.7 Å². The number of ether oxygens (including phenoxy) is 4. The van der Waals surface area contributed by atoms with Crippen LogP contribution in [-0.4, -0.2) is 96.7 Å². The number of unbranched alkanes of at least 4 members (excludes halogenated alkanes) is 46. The van der Waals surface area contributed by atoms with Gasteiger partial charge in [0.25, 0.3) is 0 Å². The van der Waals surface area contributed by atoms with E-state index >= 15 is 0 Å². The molecule has 0 aromatic rings. The molecule has 3 N–H and O–H groups in total. The number of rotatable bonds is 78. The van der Waals surface area contributed by atoms with Crippen LogP contribution in [0.3, 0.4) is 0 Å². The van der Waals surface area contributed by atoms with Crippen LogP contribution in [0.4, 0.5) is 0 Å². The van der Waals surface area contributed by atoms with Gasteiger partial charge < -0.3 is 33.8 Å². The minimum absolute atomic E-state index is 0.107. The molecule has 98 heavy (non-hydrogen) atoms. The maximum atomic E-state index is 13.1. The van der Waals surface area contributed by atoms with Crippen molar-refractivity contribution in [2.45, 2.75) is 432 Å². The van der Waals surface area contributed by atoms with Crippen molar-refractivity contribution in [3.05, 3.63) is 0 Å². The number of hydrogen-bond donors (Lipinski definition) is 3. The minimum atomic E-state index is -4.96. The molecule has 0 amide bonds. The maximum absolute atomic E-state index is 13.1. The Balaban J connectivity index is 5.12. The number of carbonyl (C=O) groups excluding carboxylic acids is 4. The summed E-state index contributed by atoms with van der Waals surface area (Å²) < 4.78 is 68.4. The van der Waals surface area contributed by atoms with Crippen molar-refractivity contribution in [3.63, 3.8) is 0 Å². The predicted octanol–water partition coefficient (Wildman–Crippen LogP) is 23.5. The lowest BCUT2D eigenvalue weighted by molar-refractivity contribution is -0.161. The fourth-order valence-corrected chi connectivity index (χ4v) is 13.7. The summed E-state index contributed by atoms with van der Waals surface area (Å²) in [5, 5.41) is 10.6. The standard InChI is InChI=1S/C79H154O17P2/c1-7-11-13-15-16-17-18-27-35-40-45-51-57-63-78(83)95-74(67-89-76(81)61-55-47-14-12-8-2)69-93-97(85,86)91-65-73(80)66-92-98(87,88)94-70-75(68-90-77(82)62-56-50-44-39-34-30-26-25-29-33-38-43-49-54-60-72(6)10-4)96-79(84)64-58-52-46-41-36-31-24-22-20-19-21-23-28-32-37-42-48-53-59-71(5)9-3/h71-75,80H,7-70H2,1-6H3,(H,85,86)(H,87,88)/t71?,72?,73-,74+,75+/m0/s1. The molecule has 0 saturated carbocycles. The number of carbonyl (C=O) groups is 4. The van der Waals surface area contributed by atoms with Crippen molar-refractivity contribution in [3.8, 4) is 0 Å². The van der Waals surface area contributed by atoms with Crippen molar-refractivity contribution in [1.29, 1.82) is 0 Å². The fourth-order valence-electron chi connectivity index (χ4n) is 12.1. The maximum Gasteiger partial charge on any atom is 0.472 e. The molecule has 0 aromatic heterocycles. The highest BCUT2D eigenvalue weighted by atomic mass is 31.2. The van der Waals surface area contributed by atoms with Crippen LogP contribution < -0.4 is 0 Å². The molecule has 0 saturated heterocycles. The molecule has 0 aliphatic carbocycles. The predicted molar refractivity (Wildman–Crippen MR) is 400 cm³/mol. The summed E-state index contributed by atoms with van der Waals surface area (Å²) in [6.45, 7) is 9.65. The molecule has 0 aromatic carbocycles. The monoisotopic (exact) mass is 1440 g/mol. The van der Waals surface area contributed by atoms with E-state index in [2.05, 4.69) is 41.5 Å². The Morgan fingerprint density at radius 3 is 0.724 bits per heavy atom. The zero-order chi connectivity index (χ0) is 72.1. The van der Waals surface area contributed by atoms with Crippen LogP contribution in [0.5, 0.6) is 0 Å². The van der Waals surface area contributed by atoms with E-state index in [9.17, 15) is 43.2 Å². The van der Waals surface area contributed by atoms with Gasteiger partial charge >= 0.3 is 39.5 Å². The molecule has 17 nitrogen and oxygen atoms in total. The molecule has 0 fully saturated rings. The first kappa shape index (κ1) is 96.1. The third-order valence-corrected chi connectivity index (χ3v) is 21.1. The molecular weight excluding hydrogens is 1280 g/mol. The summed E-state index contributed by atoms with van der Waals surface area (Å²) in [7, 11) is -9.90. The van der Waals surface area contributed by atoms with E-state index < -0.39 is 97.5 Å². The Hall–Kier alpha value is -1.94. The molecule has 0 heterocycles. The molecule has 7 atom stereocenters. The number of phosphoric ester groups is 2. The zero-order valence-electron chi connectivity index (χ0n) is 64.1. The van der Waals surface area contributed by atoms with Gasteiger partial charge in [0.1, 0.15) is 19.3 Å². The topological polar surface area (TPSA) is 237 Å². The second-order valence-corrected chi connectivity index (χ2v) is 31.8. The van der Waals surface area contributed by atoms with Crippen LogP contribution in [-0.2, 0) is 65.4 Å². The molecule has 0 aliphatic heterocycles. The summed E-state index contributed by atoms with van der Waals surface area (Å²) in [5.74, 6) is -0.402. The largest absolute Gasteiger partial charge is 0.472 e. The van der Waals surface area contributed by atoms with Crippen LogP contribution in [0, 0.1) is 11.8 Å². The van der Waals surface area contributed by atoms with Gasteiger partial charge in [-0.05, 0) is 37.5 Å². The first-order chi connectivity index (χ1) is 47.4. The lowest BCUT2D eigenvalue weighted by atomic mass is 9.99. The van der Waals surface area contributed by atoms with E-state index in [1.807, 2.05) is 0 Å². The lowest BCUT2D eigenvalue weighted by Crippen LogP contribution is -2.30. The third kappa shape index (κ3) is 69.8. The second-order valence-electron chi connectivity index (χ2n) is 28.9. The van der Waals surface area contributed by atoms with Crippen LogP contribution in [0.25, 0.3) is 0 Å². The van der Waals surface area contributed by atoms with Crippen LogP contribution in [0.2, 0.25) is 0 Å². The van der Waals surface area contributed by atoms with Gasteiger partial charge in [-0.25, -0.2) is 9.13 Å². The van der Waals surface area contributed by atoms with Crippen molar-refractivity contribution in [1.82, 2.24) is 0 Å². The third-order valence-electron chi connectivity index (χ3n) is 19.2. The Morgan fingerprint density at radius 1 is 0.286 bits per heavy atom. The second kappa shape index (κ2) is 70.7. The Labute approximate surface area is 600 Å². The average molecular weight is 1440 g/mol. The first-order valence-corrected chi connectivity index (χ1v) is 44.1. The van der Waals surface area contributed by atoms with Crippen LogP contribution >= 0.6 is 15.6 Å². The number of phosphoric acid groups is 2. The van der Waals surface area contributed by atoms with E-state index in [4.69, 9.17) is 37.0 Å². The quantitative estimate of drug-likeness (QED) is 0.0222. The zero-order valence-corrected chi connectivity index (χ0v) is 65.9. The van der Waals surface area contributed by atoms with Gasteiger partial charge in [0.2, 0.25) is 0 Å². The van der Waals surface area contributed by atoms with E-state index in [0.717, 1.165) is 108 Å². The first-order valence-electron chi connectivity index (χ1n) is 41.1. The van der Waals surface area contributed by atoms with Gasteiger partial charge in [-0.3, -0.25) is 37.3 Å². The van der Waals surface area contributed by atoms with E-state index in [0.29, 0.717) is 25.7 Å². The van der Waals surface area contributed by atoms with Gasteiger partial charge in [-0.15, -0.1) is 0 Å². The highest BCUT2D eigenvalue weighted by Crippen LogP contribution is 2.45. The lowest BCUT2D eigenvalue weighted by Gasteiger charge is -2.21. The summed E-state index contributed by atoms with van der Waals surface area (Å²) in [6, 6.07) is 0. The van der Waals surface area contributed by atoms with Gasteiger partial charge in [0, 0.05) is 25.7 Å². The van der Waals surface area contributed by atoms with Gasteiger partial charge in [-0.1, -0.05) is 363 Å².